The summed E-state index contributed by atoms with van der Waals surface area (Å²) in [4.78, 5) is 16.3. The highest BCUT2D eigenvalue weighted by molar-refractivity contribution is 9.10. The summed E-state index contributed by atoms with van der Waals surface area (Å²) in [5.74, 6) is 0.451. The number of aromatic nitrogens is 1. The van der Waals surface area contributed by atoms with E-state index in [1.807, 2.05) is 12.1 Å². The lowest BCUT2D eigenvalue weighted by atomic mass is 10.2. The number of ether oxygens (including phenoxy) is 1. The average molecular weight is 422 g/mol. The number of nitrogens with zero attached hydrogens (tertiary/aromatic N) is 1. The lowest BCUT2D eigenvalue weighted by Crippen LogP contribution is -2.38. The van der Waals surface area contributed by atoms with Gasteiger partial charge in [-0.2, -0.15) is 0 Å². The Hall–Kier alpha value is -1.99. The number of carbonyl (C=O) groups is 1. The van der Waals surface area contributed by atoms with Gasteiger partial charge in [-0.25, -0.2) is 0 Å². The molecule has 0 saturated heterocycles. The monoisotopic (exact) mass is 421 g/mol. The van der Waals surface area contributed by atoms with E-state index < -0.39 is 0 Å². The number of hydrogen-bond donors (Lipinski definition) is 2. The largest absolute Gasteiger partial charge is 0.492 e. The second kappa shape index (κ2) is 10.1. The predicted octanol–water partition coefficient (Wildman–Crippen LogP) is 3.83. The minimum atomic E-state index is -0.274. The van der Waals surface area contributed by atoms with Crippen LogP contribution in [-0.2, 0) is 6.54 Å². The normalized spacial score (nSPS) is 10.2. The van der Waals surface area contributed by atoms with E-state index in [0.29, 0.717) is 18.7 Å². The molecule has 0 unspecified atom stereocenters. The molecule has 0 bridgehead atoms. The first-order valence-corrected chi connectivity index (χ1v) is 9.20. The predicted molar refractivity (Wildman–Crippen MR) is 106 cm³/mol. The Balaban J connectivity index is 1.87. The SMILES string of the molecule is CCCCOc1ccc(C(=O)NC(=S)NCc2cccnc2)cc1Br. The van der Waals surface area contributed by atoms with Crippen molar-refractivity contribution in [3.05, 3.63) is 58.3 Å². The van der Waals surface area contributed by atoms with E-state index in [1.165, 1.54) is 0 Å². The molecule has 0 atom stereocenters. The van der Waals surface area contributed by atoms with E-state index >= 15 is 0 Å². The van der Waals surface area contributed by atoms with Crippen molar-refractivity contribution in [1.29, 1.82) is 0 Å². The molecular weight excluding hydrogens is 402 g/mol. The molecule has 1 aromatic carbocycles. The summed E-state index contributed by atoms with van der Waals surface area (Å²) < 4.78 is 6.40. The van der Waals surface area contributed by atoms with Crippen molar-refractivity contribution in [2.45, 2.75) is 26.3 Å². The number of hydrogen-bond acceptors (Lipinski definition) is 4. The van der Waals surface area contributed by atoms with Crippen LogP contribution in [0.15, 0.2) is 47.2 Å². The second-order valence-corrected chi connectivity index (χ2v) is 6.61. The Morgan fingerprint density at radius 1 is 1.36 bits per heavy atom. The fourth-order valence-corrected chi connectivity index (χ4v) is 2.65. The van der Waals surface area contributed by atoms with Gasteiger partial charge in [0.05, 0.1) is 11.1 Å². The van der Waals surface area contributed by atoms with E-state index in [-0.39, 0.29) is 11.0 Å². The van der Waals surface area contributed by atoms with E-state index in [1.54, 1.807) is 30.6 Å². The van der Waals surface area contributed by atoms with Crippen LogP contribution < -0.4 is 15.4 Å². The molecule has 0 fully saturated rings. The van der Waals surface area contributed by atoms with Crippen LogP contribution >= 0.6 is 28.1 Å². The van der Waals surface area contributed by atoms with Crippen molar-refractivity contribution in [3.8, 4) is 5.75 Å². The van der Waals surface area contributed by atoms with Crippen LogP contribution in [0.5, 0.6) is 5.75 Å². The molecule has 0 saturated carbocycles. The number of halogens is 1. The molecular formula is C18H20BrN3O2S. The zero-order valence-corrected chi connectivity index (χ0v) is 16.3. The van der Waals surface area contributed by atoms with Gasteiger partial charge in [0.2, 0.25) is 0 Å². The van der Waals surface area contributed by atoms with Crippen LogP contribution in [0.3, 0.4) is 0 Å². The fraction of sp³-hybridized carbons (Fsp3) is 0.278. The standard InChI is InChI=1S/C18H20BrN3O2S/c1-2-3-9-24-16-7-6-14(10-15(16)19)17(23)22-18(25)21-12-13-5-4-8-20-11-13/h4-8,10-11H,2-3,9,12H2,1H3,(H2,21,22,23,25). The number of thiocarbonyl (C=S) groups is 1. The first-order chi connectivity index (χ1) is 12.1. The molecule has 7 heteroatoms. The van der Waals surface area contributed by atoms with Crippen molar-refractivity contribution < 1.29 is 9.53 Å². The summed E-state index contributed by atoms with van der Waals surface area (Å²) in [5, 5.41) is 5.92. The van der Waals surface area contributed by atoms with Gasteiger partial charge >= 0.3 is 0 Å². The number of unbranched alkanes of at least 4 members (excludes halogenated alkanes) is 1. The van der Waals surface area contributed by atoms with Gasteiger partial charge in [0.25, 0.3) is 5.91 Å². The van der Waals surface area contributed by atoms with Crippen molar-refractivity contribution in [2.75, 3.05) is 6.61 Å². The van der Waals surface area contributed by atoms with Gasteiger partial charge in [0, 0.05) is 24.5 Å². The van der Waals surface area contributed by atoms with E-state index in [9.17, 15) is 4.79 Å². The van der Waals surface area contributed by atoms with Crippen molar-refractivity contribution >= 4 is 39.2 Å². The van der Waals surface area contributed by atoms with Gasteiger partial charge < -0.3 is 10.1 Å². The zero-order chi connectivity index (χ0) is 18.1. The molecule has 1 heterocycles. The Kier molecular flexibility index (Phi) is 7.81. The lowest BCUT2D eigenvalue weighted by molar-refractivity contribution is 0.0976. The van der Waals surface area contributed by atoms with Crippen molar-refractivity contribution in [1.82, 2.24) is 15.6 Å². The number of carbonyl (C=O) groups excluding carboxylic acids is 1. The number of rotatable bonds is 7. The molecule has 132 valence electrons. The number of nitrogens with one attached hydrogen (secondary N) is 2. The summed E-state index contributed by atoms with van der Waals surface area (Å²) in [5.41, 5.74) is 1.48. The molecule has 1 amide bonds. The van der Waals surface area contributed by atoms with Crippen LogP contribution in [0.1, 0.15) is 35.7 Å². The van der Waals surface area contributed by atoms with E-state index in [2.05, 4.69) is 38.5 Å². The van der Waals surface area contributed by atoms with Crippen LogP contribution in [-0.4, -0.2) is 22.6 Å². The molecule has 2 N–H and O–H groups in total. The van der Waals surface area contributed by atoms with Gasteiger partial charge in [0.15, 0.2) is 5.11 Å². The van der Waals surface area contributed by atoms with Crippen LogP contribution in [0.4, 0.5) is 0 Å². The quantitative estimate of drug-likeness (QED) is 0.525. The summed E-state index contributed by atoms with van der Waals surface area (Å²) >= 11 is 8.59. The third kappa shape index (κ3) is 6.43. The van der Waals surface area contributed by atoms with Gasteiger partial charge in [-0.1, -0.05) is 19.4 Å². The smallest absolute Gasteiger partial charge is 0.257 e. The Labute approximate surface area is 161 Å². The van der Waals surface area contributed by atoms with Crippen LogP contribution in [0.25, 0.3) is 0 Å². The molecule has 1 aromatic heterocycles. The Morgan fingerprint density at radius 2 is 2.20 bits per heavy atom. The topological polar surface area (TPSA) is 63.2 Å². The van der Waals surface area contributed by atoms with Crippen molar-refractivity contribution in [3.63, 3.8) is 0 Å². The van der Waals surface area contributed by atoms with E-state index in [0.717, 1.165) is 28.6 Å². The summed E-state index contributed by atoms with van der Waals surface area (Å²) in [7, 11) is 0. The number of benzene rings is 1. The Bertz CT molecular complexity index is 726. The van der Waals surface area contributed by atoms with Crippen LogP contribution in [0, 0.1) is 0 Å². The maximum Gasteiger partial charge on any atom is 0.257 e. The lowest BCUT2D eigenvalue weighted by Gasteiger charge is -2.11. The Morgan fingerprint density at radius 3 is 2.88 bits per heavy atom. The minimum Gasteiger partial charge on any atom is -0.492 e. The summed E-state index contributed by atoms with van der Waals surface area (Å²) in [6.45, 7) is 3.26. The maximum atomic E-state index is 12.3. The van der Waals surface area contributed by atoms with Gasteiger partial charge in [0.1, 0.15) is 5.75 Å². The first-order valence-electron chi connectivity index (χ1n) is 8.00. The molecule has 0 aliphatic heterocycles. The molecule has 2 rings (SSSR count). The first kappa shape index (κ1) is 19.3. The fourth-order valence-electron chi connectivity index (χ4n) is 1.99. The second-order valence-electron chi connectivity index (χ2n) is 5.35. The van der Waals surface area contributed by atoms with Crippen LogP contribution in [0.2, 0.25) is 0 Å². The minimum absolute atomic E-state index is 0.272. The molecule has 0 aliphatic carbocycles. The average Bonchev–Trinajstić information content (AvgIpc) is 2.62. The summed E-state index contributed by atoms with van der Waals surface area (Å²) in [6.07, 6.45) is 5.51. The van der Waals surface area contributed by atoms with Gasteiger partial charge in [-0.15, -0.1) is 0 Å². The summed E-state index contributed by atoms with van der Waals surface area (Å²) in [6, 6.07) is 8.99. The molecule has 5 nitrogen and oxygen atoms in total. The van der Waals surface area contributed by atoms with Gasteiger partial charge in [-0.3, -0.25) is 15.1 Å². The number of pyridine rings is 1. The third-order valence-corrected chi connectivity index (χ3v) is 4.22. The number of amides is 1. The third-order valence-electron chi connectivity index (χ3n) is 3.35. The maximum absolute atomic E-state index is 12.3. The van der Waals surface area contributed by atoms with Crippen molar-refractivity contribution in [2.24, 2.45) is 0 Å². The molecule has 25 heavy (non-hydrogen) atoms. The highest BCUT2D eigenvalue weighted by Crippen LogP contribution is 2.26. The highest BCUT2D eigenvalue weighted by atomic mass is 79.9. The highest BCUT2D eigenvalue weighted by Gasteiger charge is 2.11. The zero-order valence-electron chi connectivity index (χ0n) is 13.9. The van der Waals surface area contributed by atoms with E-state index in [4.69, 9.17) is 17.0 Å². The molecule has 0 spiro atoms. The molecule has 0 aliphatic rings. The van der Waals surface area contributed by atoms with Gasteiger partial charge in [-0.05, 0) is 64.4 Å². The molecule has 2 aromatic rings. The molecule has 0 radical (unpaired) electrons.